The number of ether oxygens (including phenoxy) is 1. The maximum Gasteiger partial charge on any atom is 0.325 e. The number of rotatable bonds is 5. The zero-order valence-electron chi connectivity index (χ0n) is 14.6. The van der Waals surface area contributed by atoms with Crippen LogP contribution in [-0.2, 0) is 10.3 Å². The summed E-state index contributed by atoms with van der Waals surface area (Å²) in [5.41, 5.74) is -0.557. The van der Waals surface area contributed by atoms with Gasteiger partial charge in [-0.05, 0) is 37.3 Å². The highest BCUT2D eigenvalue weighted by molar-refractivity contribution is 9.10. The van der Waals surface area contributed by atoms with E-state index >= 15 is 0 Å². The van der Waals surface area contributed by atoms with Crippen LogP contribution in [0.1, 0.15) is 12.7 Å². The average Bonchev–Trinajstić information content (AvgIpc) is 3.17. The summed E-state index contributed by atoms with van der Waals surface area (Å²) in [4.78, 5) is 26.5. The summed E-state index contributed by atoms with van der Waals surface area (Å²) in [6, 6.07) is 16.2. The van der Waals surface area contributed by atoms with E-state index in [9.17, 15) is 9.59 Å². The highest BCUT2D eigenvalue weighted by Crippen LogP contribution is 2.33. The van der Waals surface area contributed by atoms with E-state index in [0.29, 0.717) is 17.1 Å². The molecule has 7 heteroatoms. The minimum absolute atomic E-state index is 0.146. The topological polar surface area (TPSA) is 71.8 Å². The molecule has 1 fully saturated rings. The smallest absolute Gasteiger partial charge is 0.325 e. The van der Waals surface area contributed by atoms with Gasteiger partial charge in [0.25, 0.3) is 5.91 Å². The van der Waals surface area contributed by atoms with Crippen molar-refractivity contribution in [2.75, 3.05) is 13.2 Å². The van der Waals surface area contributed by atoms with Crippen LogP contribution in [0.2, 0.25) is 0 Å². The van der Waals surface area contributed by atoms with Gasteiger partial charge in [-0.2, -0.15) is 0 Å². The number of hydrogen-bond acceptors (Lipinski definition) is 4. The molecule has 0 radical (unpaired) electrons. The molecule has 0 saturated carbocycles. The first-order chi connectivity index (χ1) is 13.0. The summed E-state index contributed by atoms with van der Waals surface area (Å²) in [5, 5.41) is 3.63. The molecule has 3 aromatic rings. The van der Waals surface area contributed by atoms with Crippen LogP contribution in [0, 0.1) is 0 Å². The molecule has 2 aromatic carbocycles. The van der Waals surface area contributed by atoms with E-state index < -0.39 is 11.6 Å². The molecule has 0 bridgehead atoms. The largest absolute Gasteiger partial charge is 0.492 e. The Kier molecular flexibility index (Phi) is 4.39. The third-order valence-corrected chi connectivity index (χ3v) is 5.07. The van der Waals surface area contributed by atoms with Crippen molar-refractivity contribution in [2.24, 2.45) is 0 Å². The second kappa shape index (κ2) is 6.74. The number of halogens is 1. The van der Waals surface area contributed by atoms with Crippen LogP contribution < -0.4 is 10.1 Å². The minimum Gasteiger partial charge on any atom is -0.492 e. The Morgan fingerprint density at radius 3 is 2.74 bits per heavy atom. The van der Waals surface area contributed by atoms with Crippen LogP contribution in [0.4, 0.5) is 4.79 Å². The SMILES string of the molecule is CC1(c2cc3ccccc3o2)NC(=O)N(CCOc2cccc(Br)c2)C1=O. The molecule has 3 amide bonds. The molecule has 27 heavy (non-hydrogen) atoms. The Balaban J connectivity index is 1.49. The van der Waals surface area contributed by atoms with Crippen molar-refractivity contribution in [3.8, 4) is 5.75 Å². The Morgan fingerprint density at radius 1 is 1.15 bits per heavy atom. The highest BCUT2D eigenvalue weighted by Gasteiger charge is 2.51. The van der Waals surface area contributed by atoms with Crippen LogP contribution in [-0.4, -0.2) is 30.0 Å². The Labute approximate surface area is 164 Å². The first kappa shape index (κ1) is 17.6. The number of para-hydroxylation sites is 1. The minimum atomic E-state index is -1.23. The number of amides is 3. The van der Waals surface area contributed by atoms with Crippen molar-refractivity contribution < 1.29 is 18.7 Å². The van der Waals surface area contributed by atoms with E-state index in [1.807, 2.05) is 48.5 Å². The molecular weight excluding hydrogens is 412 g/mol. The molecular formula is C20H17BrN2O4. The fourth-order valence-electron chi connectivity index (χ4n) is 3.11. The summed E-state index contributed by atoms with van der Waals surface area (Å²) in [7, 11) is 0. The molecule has 138 valence electrons. The van der Waals surface area contributed by atoms with Crippen molar-refractivity contribution in [1.29, 1.82) is 0 Å². The van der Waals surface area contributed by atoms with Crippen molar-refractivity contribution >= 4 is 38.8 Å². The summed E-state index contributed by atoms with van der Waals surface area (Å²) in [6.45, 7) is 2.00. The fraction of sp³-hybridized carbons (Fsp3) is 0.200. The van der Waals surface area contributed by atoms with Gasteiger partial charge in [-0.15, -0.1) is 0 Å². The van der Waals surface area contributed by atoms with E-state index in [2.05, 4.69) is 21.2 Å². The number of hydrogen-bond donors (Lipinski definition) is 1. The van der Waals surface area contributed by atoms with Crippen LogP contribution in [0.3, 0.4) is 0 Å². The monoisotopic (exact) mass is 428 g/mol. The number of carbonyl (C=O) groups is 2. The molecule has 1 N–H and O–H groups in total. The van der Waals surface area contributed by atoms with E-state index in [-0.39, 0.29) is 19.1 Å². The van der Waals surface area contributed by atoms with Crippen molar-refractivity contribution in [3.05, 3.63) is 64.8 Å². The lowest BCUT2D eigenvalue weighted by Crippen LogP contribution is -2.41. The average molecular weight is 429 g/mol. The Hall–Kier alpha value is -2.80. The van der Waals surface area contributed by atoms with E-state index in [1.54, 1.807) is 13.0 Å². The molecule has 1 aliphatic rings. The first-order valence-corrected chi connectivity index (χ1v) is 9.28. The van der Waals surface area contributed by atoms with Gasteiger partial charge in [0.15, 0.2) is 5.54 Å². The Morgan fingerprint density at radius 2 is 1.96 bits per heavy atom. The van der Waals surface area contributed by atoms with Crippen LogP contribution in [0.25, 0.3) is 11.0 Å². The molecule has 0 aliphatic carbocycles. The summed E-state index contributed by atoms with van der Waals surface area (Å²) in [5.74, 6) is 0.721. The number of nitrogens with zero attached hydrogens (tertiary/aromatic N) is 1. The fourth-order valence-corrected chi connectivity index (χ4v) is 3.49. The summed E-state index contributed by atoms with van der Waals surface area (Å²) >= 11 is 3.38. The van der Waals surface area contributed by atoms with Gasteiger partial charge in [0.2, 0.25) is 0 Å². The lowest BCUT2D eigenvalue weighted by atomic mass is 9.99. The number of imide groups is 1. The van der Waals surface area contributed by atoms with Gasteiger partial charge < -0.3 is 14.5 Å². The number of urea groups is 1. The first-order valence-electron chi connectivity index (χ1n) is 8.49. The zero-order chi connectivity index (χ0) is 19.0. The van der Waals surface area contributed by atoms with Crippen molar-refractivity contribution in [1.82, 2.24) is 10.2 Å². The quantitative estimate of drug-likeness (QED) is 0.622. The van der Waals surface area contributed by atoms with E-state index in [4.69, 9.17) is 9.15 Å². The van der Waals surface area contributed by atoms with Crippen molar-refractivity contribution in [2.45, 2.75) is 12.5 Å². The van der Waals surface area contributed by atoms with Crippen LogP contribution >= 0.6 is 15.9 Å². The summed E-state index contributed by atoms with van der Waals surface area (Å²) in [6.07, 6.45) is 0. The molecule has 1 unspecified atom stereocenters. The molecule has 1 saturated heterocycles. The lowest BCUT2D eigenvalue weighted by Gasteiger charge is -2.19. The number of furan rings is 1. The molecule has 1 aliphatic heterocycles. The highest BCUT2D eigenvalue weighted by atomic mass is 79.9. The number of carbonyl (C=O) groups excluding carboxylic acids is 2. The van der Waals surface area contributed by atoms with Gasteiger partial charge in [-0.3, -0.25) is 9.69 Å². The lowest BCUT2D eigenvalue weighted by molar-refractivity contribution is -0.131. The van der Waals surface area contributed by atoms with Crippen LogP contribution in [0.5, 0.6) is 5.75 Å². The Bertz CT molecular complexity index is 999. The normalized spacial score (nSPS) is 19.6. The van der Waals surface area contributed by atoms with Crippen molar-refractivity contribution in [3.63, 3.8) is 0 Å². The van der Waals surface area contributed by atoms with E-state index in [1.165, 1.54) is 0 Å². The molecule has 0 spiro atoms. The molecule has 6 nitrogen and oxygen atoms in total. The molecule has 1 atom stereocenters. The van der Waals surface area contributed by atoms with Gasteiger partial charge in [-0.1, -0.05) is 40.2 Å². The standard InChI is InChI=1S/C20H17BrN2O4/c1-20(17-11-13-5-2-3-8-16(13)27-17)18(24)23(19(25)22-20)9-10-26-15-7-4-6-14(21)12-15/h2-8,11-12H,9-10H2,1H3,(H,22,25). The van der Waals surface area contributed by atoms with Gasteiger partial charge in [0, 0.05) is 9.86 Å². The third-order valence-electron chi connectivity index (χ3n) is 4.57. The molecule has 4 rings (SSSR count). The van der Waals surface area contributed by atoms with E-state index in [0.717, 1.165) is 14.8 Å². The number of nitrogens with one attached hydrogen (secondary N) is 1. The molecule has 2 heterocycles. The third kappa shape index (κ3) is 3.19. The maximum absolute atomic E-state index is 12.9. The number of fused-ring (bicyclic) bond motifs is 1. The van der Waals surface area contributed by atoms with Crippen LogP contribution in [0.15, 0.2) is 63.5 Å². The zero-order valence-corrected chi connectivity index (χ0v) is 16.2. The maximum atomic E-state index is 12.9. The van der Waals surface area contributed by atoms with Gasteiger partial charge in [-0.25, -0.2) is 4.79 Å². The second-order valence-corrected chi connectivity index (χ2v) is 7.38. The van der Waals surface area contributed by atoms with Gasteiger partial charge in [0.05, 0.1) is 6.54 Å². The van der Waals surface area contributed by atoms with Gasteiger partial charge in [0.1, 0.15) is 23.7 Å². The predicted molar refractivity (Wildman–Crippen MR) is 103 cm³/mol. The second-order valence-electron chi connectivity index (χ2n) is 6.47. The summed E-state index contributed by atoms with van der Waals surface area (Å²) < 4.78 is 12.3. The predicted octanol–water partition coefficient (Wildman–Crippen LogP) is 4.04. The van der Waals surface area contributed by atoms with Gasteiger partial charge >= 0.3 is 6.03 Å². The molecule has 1 aromatic heterocycles. The number of benzene rings is 2.